The highest BCUT2D eigenvalue weighted by atomic mass is 16.6. The maximum absolute atomic E-state index is 11.2. The van der Waals surface area contributed by atoms with Gasteiger partial charge in [-0.15, -0.1) is 0 Å². The molecule has 0 bridgehead atoms. The van der Waals surface area contributed by atoms with Gasteiger partial charge < -0.3 is 10.0 Å². The summed E-state index contributed by atoms with van der Waals surface area (Å²) in [6, 6.07) is 1.37. The number of aromatic nitrogens is 1. The maximum atomic E-state index is 11.2. The molecule has 1 unspecified atom stereocenters. The number of carboxylic acids is 1. The molecule has 0 radical (unpaired) electrons. The van der Waals surface area contributed by atoms with Crippen molar-refractivity contribution in [2.45, 2.75) is 32.2 Å². The first-order valence-corrected chi connectivity index (χ1v) is 6.09. The molecule has 1 aromatic heterocycles. The topological polar surface area (TPSA) is 96.6 Å². The van der Waals surface area contributed by atoms with Crippen molar-refractivity contribution in [1.82, 2.24) is 4.98 Å². The molecule has 1 N–H and O–H groups in total. The molecule has 1 aromatic rings. The number of hydrogen-bond acceptors (Lipinski definition) is 5. The smallest absolute Gasteiger partial charge is 0.314 e. The number of nitro groups is 1. The number of pyridine rings is 1. The third kappa shape index (κ3) is 2.64. The van der Waals surface area contributed by atoms with E-state index in [4.69, 9.17) is 5.11 Å². The standard InChI is InChI=1S/C12H15N3O4/c1-8-4-5-13-12(11(8)15(18)19)14-6-2-3-9(14)7-10(16)17/h4-5,9H,2-3,6-7H2,1H3,(H,16,17). The second-order valence-electron chi connectivity index (χ2n) is 4.64. The van der Waals surface area contributed by atoms with Crippen LogP contribution in [0.2, 0.25) is 0 Å². The van der Waals surface area contributed by atoms with E-state index in [1.54, 1.807) is 17.9 Å². The average Bonchev–Trinajstić information content (AvgIpc) is 2.75. The summed E-state index contributed by atoms with van der Waals surface area (Å²) in [4.78, 5) is 27.4. The highest BCUT2D eigenvalue weighted by molar-refractivity contribution is 5.70. The van der Waals surface area contributed by atoms with Crippen molar-refractivity contribution >= 4 is 17.5 Å². The Kier molecular flexibility index (Phi) is 3.64. The molecule has 0 amide bonds. The Hall–Kier alpha value is -2.18. The fourth-order valence-corrected chi connectivity index (χ4v) is 2.50. The summed E-state index contributed by atoms with van der Waals surface area (Å²) in [5.41, 5.74) is 0.510. The summed E-state index contributed by atoms with van der Waals surface area (Å²) in [7, 11) is 0. The summed E-state index contributed by atoms with van der Waals surface area (Å²) in [6.07, 6.45) is 3.05. The van der Waals surface area contributed by atoms with Gasteiger partial charge in [0.2, 0.25) is 5.82 Å². The van der Waals surface area contributed by atoms with E-state index >= 15 is 0 Å². The second-order valence-corrected chi connectivity index (χ2v) is 4.64. The van der Waals surface area contributed by atoms with Gasteiger partial charge in [0.15, 0.2) is 0 Å². The first-order chi connectivity index (χ1) is 9.00. The monoisotopic (exact) mass is 265 g/mol. The van der Waals surface area contributed by atoms with Gasteiger partial charge in [-0.1, -0.05) is 0 Å². The van der Waals surface area contributed by atoms with E-state index in [1.807, 2.05) is 0 Å². The van der Waals surface area contributed by atoms with Crippen molar-refractivity contribution in [3.05, 3.63) is 27.9 Å². The third-order valence-electron chi connectivity index (χ3n) is 3.35. The number of nitrogens with zero attached hydrogens (tertiary/aromatic N) is 3. The molecule has 7 heteroatoms. The van der Waals surface area contributed by atoms with Gasteiger partial charge in [0.25, 0.3) is 0 Å². The van der Waals surface area contributed by atoms with Crippen LogP contribution in [0.4, 0.5) is 11.5 Å². The van der Waals surface area contributed by atoms with Crippen molar-refractivity contribution in [2.75, 3.05) is 11.4 Å². The van der Waals surface area contributed by atoms with E-state index in [0.717, 1.165) is 12.8 Å². The van der Waals surface area contributed by atoms with Gasteiger partial charge in [0, 0.05) is 24.3 Å². The van der Waals surface area contributed by atoms with Crippen molar-refractivity contribution in [1.29, 1.82) is 0 Å². The van der Waals surface area contributed by atoms with Crippen LogP contribution in [0.3, 0.4) is 0 Å². The molecule has 2 rings (SSSR count). The molecule has 1 aliphatic rings. The van der Waals surface area contributed by atoms with Crippen LogP contribution in [0, 0.1) is 17.0 Å². The zero-order valence-corrected chi connectivity index (χ0v) is 10.6. The van der Waals surface area contributed by atoms with E-state index < -0.39 is 10.9 Å². The SMILES string of the molecule is Cc1ccnc(N2CCCC2CC(=O)O)c1[N+](=O)[O-]. The third-order valence-corrected chi connectivity index (χ3v) is 3.35. The Morgan fingerprint density at radius 3 is 3.05 bits per heavy atom. The average molecular weight is 265 g/mol. The molecular weight excluding hydrogens is 250 g/mol. The molecule has 0 aliphatic carbocycles. The molecule has 1 aliphatic heterocycles. The molecule has 0 aromatic carbocycles. The van der Waals surface area contributed by atoms with Crippen LogP contribution in [0.5, 0.6) is 0 Å². The lowest BCUT2D eigenvalue weighted by molar-refractivity contribution is -0.384. The number of anilines is 1. The van der Waals surface area contributed by atoms with Crippen LogP contribution >= 0.6 is 0 Å². The summed E-state index contributed by atoms with van der Waals surface area (Å²) < 4.78 is 0. The zero-order chi connectivity index (χ0) is 14.0. The molecule has 0 spiro atoms. The lowest BCUT2D eigenvalue weighted by atomic mass is 10.1. The van der Waals surface area contributed by atoms with Crippen LogP contribution in [0.25, 0.3) is 0 Å². The molecular formula is C12H15N3O4. The predicted molar refractivity (Wildman–Crippen MR) is 68.2 cm³/mol. The Bertz CT molecular complexity index is 518. The predicted octanol–water partition coefficient (Wildman–Crippen LogP) is 1.74. The van der Waals surface area contributed by atoms with Crippen molar-refractivity contribution in [2.24, 2.45) is 0 Å². The molecule has 2 heterocycles. The summed E-state index contributed by atoms with van der Waals surface area (Å²) in [6.45, 7) is 2.26. The Labute approximate surface area is 110 Å². The molecule has 1 atom stereocenters. The molecule has 1 saturated heterocycles. The quantitative estimate of drug-likeness (QED) is 0.658. The van der Waals surface area contributed by atoms with Gasteiger partial charge in [0.05, 0.1) is 11.3 Å². The summed E-state index contributed by atoms with van der Waals surface area (Å²) in [5.74, 6) is -0.610. The lowest BCUT2D eigenvalue weighted by Crippen LogP contribution is -2.32. The van der Waals surface area contributed by atoms with E-state index in [2.05, 4.69) is 4.98 Å². The lowest BCUT2D eigenvalue weighted by Gasteiger charge is -2.24. The van der Waals surface area contributed by atoms with E-state index in [9.17, 15) is 14.9 Å². The molecule has 7 nitrogen and oxygen atoms in total. The molecule has 0 saturated carbocycles. The van der Waals surface area contributed by atoms with Crippen molar-refractivity contribution < 1.29 is 14.8 Å². The minimum atomic E-state index is -0.896. The first kappa shape index (κ1) is 13.3. The molecule has 102 valence electrons. The van der Waals surface area contributed by atoms with Crippen LogP contribution in [-0.4, -0.2) is 33.6 Å². The van der Waals surface area contributed by atoms with Gasteiger partial charge >= 0.3 is 11.7 Å². The molecule has 19 heavy (non-hydrogen) atoms. The van der Waals surface area contributed by atoms with Gasteiger partial charge in [-0.25, -0.2) is 4.98 Å². The van der Waals surface area contributed by atoms with Crippen LogP contribution in [0.15, 0.2) is 12.3 Å². The second kappa shape index (κ2) is 5.21. The Balaban J connectivity index is 2.38. The highest BCUT2D eigenvalue weighted by Crippen LogP contribution is 2.34. The minimum Gasteiger partial charge on any atom is -0.481 e. The number of aliphatic carboxylic acids is 1. The number of carbonyl (C=O) groups is 1. The van der Waals surface area contributed by atoms with Crippen LogP contribution < -0.4 is 4.90 Å². The van der Waals surface area contributed by atoms with Crippen molar-refractivity contribution in [3.8, 4) is 0 Å². The maximum Gasteiger partial charge on any atom is 0.314 e. The normalized spacial score (nSPS) is 18.6. The number of aryl methyl sites for hydroxylation is 1. The largest absolute Gasteiger partial charge is 0.481 e. The highest BCUT2D eigenvalue weighted by Gasteiger charge is 2.33. The van der Waals surface area contributed by atoms with E-state index in [-0.39, 0.29) is 24.0 Å². The number of rotatable bonds is 4. The van der Waals surface area contributed by atoms with Gasteiger partial charge in [0.1, 0.15) is 0 Å². The Morgan fingerprint density at radius 1 is 1.68 bits per heavy atom. The van der Waals surface area contributed by atoms with Crippen molar-refractivity contribution in [3.63, 3.8) is 0 Å². The molecule has 1 fully saturated rings. The van der Waals surface area contributed by atoms with Gasteiger partial charge in [-0.3, -0.25) is 14.9 Å². The van der Waals surface area contributed by atoms with Gasteiger partial charge in [-0.2, -0.15) is 0 Å². The zero-order valence-electron chi connectivity index (χ0n) is 10.6. The van der Waals surface area contributed by atoms with Crippen LogP contribution in [0.1, 0.15) is 24.8 Å². The Morgan fingerprint density at radius 2 is 2.42 bits per heavy atom. The van der Waals surface area contributed by atoms with Crippen LogP contribution in [-0.2, 0) is 4.79 Å². The van der Waals surface area contributed by atoms with Gasteiger partial charge in [-0.05, 0) is 25.8 Å². The first-order valence-electron chi connectivity index (χ1n) is 6.09. The minimum absolute atomic E-state index is 0.0211. The fourth-order valence-electron chi connectivity index (χ4n) is 2.50. The van der Waals surface area contributed by atoms with E-state index in [1.165, 1.54) is 6.20 Å². The number of hydrogen-bond donors (Lipinski definition) is 1. The summed E-state index contributed by atoms with van der Waals surface area (Å²) in [5, 5.41) is 20.0. The number of carboxylic acid groups (broad SMARTS) is 1. The fraction of sp³-hybridized carbons (Fsp3) is 0.500. The summed E-state index contributed by atoms with van der Waals surface area (Å²) >= 11 is 0. The van der Waals surface area contributed by atoms with E-state index in [0.29, 0.717) is 12.1 Å².